The van der Waals surface area contributed by atoms with Gasteiger partial charge in [0.05, 0.1) is 6.61 Å². The van der Waals surface area contributed by atoms with Crippen LogP contribution < -0.4 is 4.74 Å². The van der Waals surface area contributed by atoms with Gasteiger partial charge in [0.2, 0.25) is 0 Å². The Hall–Kier alpha value is -0.890. The minimum Gasteiger partial charge on any atom is -0.493 e. The molecular weight excluding hydrogens is 216 g/mol. The summed E-state index contributed by atoms with van der Waals surface area (Å²) >= 11 is 4.38. The zero-order chi connectivity index (χ0) is 11.4. The van der Waals surface area contributed by atoms with Gasteiger partial charge in [-0.05, 0) is 36.6 Å². The third-order valence-electron chi connectivity index (χ3n) is 3.16. The van der Waals surface area contributed by atoms with Crippen LogP contribution in [0.5, 0.6) is 5.75 Å². The second-order valence-electron chi connectivity index (χ2n) is 4.55. The molecule has 1 saturated carbocycles. The quantitative estimate of drug-likeness (QED) is 0.585. The summed E-state index contributed by atoms with van der Waals surface area (Å²) in [6.07, 6.45) is 5.28. The van der Waals surface area contributed by atoms with Crippen LogP contribution in [-0.2, 0) is 6.42 Å². The molecule has 0 saturated heterocycles. The van der Waals surface area contributed by atoms with Gasteiger partial charge in [0, 0.05) is 5.41 Å². The van der Waals surface area contributed by atoms with Gasteiger partial charge in [-0.15, -0.1) is 6.58 Å². The third-order valence-corrected chi connectivity index (χ3v) is 3.83. The summed E-state index contributed by atoms with van der Waals surface area (Å²) in [6, 6.07) is 8.18. The van der Waals surface area contributed by atoms with Gasteiger partial charge in [0.15, 0.2) is 0 Å². The second kappa shape index (κ2) is 4.96. The molecule has 86 valence electrons. The van der Waals surface area contributed by atoms with E-state index in [2.05, 4.69) is 25.3 Å². The molecule has 0 N–H and O–H groups in total. The molecule has 1 aromatic carbocycles. The molecule has 2 heteroatoms. The van der Waals surface area contributed by atoms with E-state index in [1.807, 2.05) is 24.3 Å². The molecule has 0 heterocycles. The van der Waals surface area contributed by atoms with E-state index >= 15 is 0 Å². The SMILES string of the molecule is C=CCc1ccccc1OCC1(CS)CC1. The van der Waals surface area contributed by atoms with Crippen molar-refractivity contribution in [3.63, 3.8) is 0 Å². The molecule has 1 nitrogen and oxygen atoms in total. The highest BCUT2D eigenvalue weighted by molar-refractivity contribution is 7.80. The first-order chi connectivity index (χ1) is 7.79. The number of benzene rings is 1. The molecule has 2 rings (SSSR count). The van der Waals surface area contributed by atoms with Crippen LogP contribution in [0.4, 0.5) is 0 Å². The van der Waals surface area contributed by atoms with Crippen LogP contribution in [0, 0.1) is 5.41 Å². The van der Waals surface area contributed by atoms with E-state index in [9.17, 15) is 0 Å². The van der Waals surface area contributed by atoms with E-state index in [0.29, 0.717) is 5.41 Å². The molecule has 0 unspecified atom stereocenters. The molecule has 0 atom stereocenters. The molecule has 0 amide bonds. The number of allylic oxidation sites excluding steroid dienone is 1. The second-order valence-corrected chi connectivity index (χ2v) is 4.86. The van der Waals surface area contributed by atoms with Crippen LogP contribution in [0.1, 0.15) is 18.4 Å². The van der Waals surface area contributed by atoms with Gasteiger partial charge >= 0.3 is 0 Å². The van der Waals surface area contributed by atoms with Crippen molar-refractivity contribution in [1.82, 2.24) is 0 Å². The van der Waals surface area contributed by atoms with Gasteiger partial charge in [-0.25, -0.2) is 0 Å². The Morgan fingerprint density at radius 2 is 2.12 bits per heavy atom. The summed E-state index contributed by atoms with van der Waals surface area (Å²) in [6.45, 7) is 4.56. The fourth-order valence-electron chi connectivity index (χ4n) is 1.72. The number of para-hydroxylation sites is 1. The van der Waals surface area contributed by atoms with Crippen molar-refractivity contribution in [2.45, 2.75) is 19.3 Å². The maximum atomic E-state index is 5.91. The summed E-state index contributed by atoms with van der Waals surface area (Å²) in [5, 5.41) is 0. The lowest BCUT2D eigenvalue weighted by Crippen LogP contribution is -2.15. The van der Waals surface area contributed by atoms with Crippen molar-refractivity contribution in [3.05, 3.63) is 42.5 Å². The Morgan fingerprint density at radius 3 is 2.75 bits per heavy atom. The molecule has 0 bridgehead atoms. The van der Waals surface area contributed by atoms with Crippen LogP contribution in [0.2, 0.25) is 0 Å². The van der Waals surface area contributed by atoms with Gasteiger partial charge < -0.3 is 4.74 Å². The van der Waals surface area contributed by atoms with Gasteiger partial charge in [-0.1, -0.05) is 24.3 Å². The minimum absolute atomic E-state index is 0.352. The Balaban J connectivity index is 2.00. The van der Waals surface area contributed by atoms with Crippen molar-refractivity contribution in [1.29, 1.82) is 0 Å². The lowest BCUT2D eigenvalue weighted by atomic mass is 10.1. The highest BCUT2D eigenvalue weighted by Gasteiger charge is 2.42. The number of hydrogen-bond donors (Lipinski definition) is 1. The molecule has 1 fully saturated rings. The van der Waals surface area contributed by atoms with E-state index in [4.69, 9.17) is 4.74 Å². The molecule has 1 aliphatic rings. The molecule has 0 radical (unpaired) electrons. The van der Waals surface area contributed by atoms with E-state index in [0.717, 1.165) is 24.5 Å². The fourth-order valence-corrected chi connectivity index (χ4v) is 2.13. The monoisotopic (exact) mass is 234 g/mol. The standard InChI is InChI=1S/C14H18OS/c1-2-5-12-6-3-4-7-13(12)15-10-14(11-16)8-9-14/h2-4,6-7,16H,1,5,8-11H2. The summed E-state index contributed by atoms with van der Waals surface area (Å²) in [5.41, 5.74) is 1.57. The predicted octanol–water partition coefficient (Wildman–Crippen LogP) is 3.50. The van der Waals surface area contributed by atoms with Crippen molar-refractivity contribution in [3.8, 4) is 5.75 Å². The van der Waals surface area contributed by atoms with E-state index in [1.165, 1.54) is 18.4 Å². The average molecular weight is 234 g/mol. The third kappa shape index (κ3) is 2.62. The van der Waals surface area contributed by atoms with Crippen LogP contribution in [-0.4, -0.2) is 12.4 Å². The highest BCUT2D eigenvalue weighted by Crippen LogP contribution is 2.46. The lowest BCUT2D eigenvalue weighted by molar-refractivity contribution is 0.249. The van der Waals surface area contributed by atoms with Crippen molar-refractivity contribution >= 4 is 12.6 Å². The maximum absolute atomic E-state index is 5.91. The Morgan fingerprint density at radius 1 is 1.38 bits per heavy atom. The summed E-state index contributed by atoms with van der Waals surface area (Å²) in [7, 11) is 0. The normalized spacial score (nSPS) is 16.8. The summed E-state index contributed by atoms with van der Waals surface area (Å²) in [5.74, 6) is 1.92. The van der Waals surface area contributed by atoms with Crippen LogP contribution >= 0.6 is 12.6 Å². The predicted molar refractivity (Wildman–Crippen MR) is 71.4 cm³/mol. The van der Waals surface area contributed by atoms with Crippen LogP contribution in [0.25, 0.3) is 0 Å². The van der Waals surface area contributed by atoms with E-state index < -0.39 is 0 Å². The lowest BCUT2D eigenvalue weighted by Gasteiger charge is -2.15. The molecular formula is C14H18OS. The molecule has 0 aromatic heterocycles. The molecule has 1 aliphatic carbocycles. The average Bonchev–Trinajstić information content (AvgIpc) is 3.09. The summed E-state index contributed by atoms with van der Waals surface area (Å²) < 4.78 is 5.91. The van der Waals surface area contributed by atoms with Gasteiger partial charge in [0.25, 0.3) is 0 Å². The topological polar surface area (TPSA) is 9.23 Å². The molecule has 1 aromatic rings. The fraction of sp³-hybridized carbons (Fsp3) is 0.429. The first-order valence-electron chi connectivity index (χ1n) is 5.72. The largest absolute Gasteiger partial charge is 0.493 e. The first kappa shape index (κ1) is 11.6. The van der Waals surface area contributed by atoms with Gasteiger partial charge in [0.1, 0.15) is 5.75 Å². The van der Waals surface area contributed by atoms with Crippen molar-refractivity contribution in [2.75, 3.05) is 12.4 Å². The van der Waals surface area contributed by atoms with E-state index in [1.54, 1.807) is 0 Å². The van der Waals surface area contributed by atoms with Gasteiger partial charge in [-0.3, -0.25) is 0 Å². The Kier molecular flexibility index (Phi) is 3.59. The first-order valence-corrected chi connectivity index (χ1v) is 6.35. The number of ether oxygens (including phenoxy) is 1. The highest BCUT2D eigenvalue weighted by atomic mass is 32.1. The molecule has 0 spiro atoms. The van der Waals surface area contributed by atoms with Gasteiger partial charge in [-0.2, -0.15) is 12.6 Å². The smallest absolute Gasteiger partial charge is 0.122 e. The minimum atomic E-state index is 0.352. The van der Waals surface area contributed by atoms with E-state index in [-0.39, 0.29) is 0 Å². The molecule has 16 heavy (non-hydrogen) atoms. The molecule has 0 aliphatic heterocycles. The maximum Gasteiger partial charge on any atom is 0.122 e. The van der Waals surface area contributed by atoms with Crippen molar-refractivity contribution in [2.24, 2.45) is 5.41 Å². The van der Waals surface area contributed by atoms with Crippen LogP contribution in [0.15, 0.2) is 36.9 Å². The summed E-state index contributed by atoms with van der Waals surface area (Å²) in [4.78, 5) is 0. The van der Waals surface area contributed by atoms with Crippen molar-refractivity contribution < 1.29 is 4.74 Å². The number of hydrogen-bond acceptors (Lipinski definition) is 2. The number of rotatable bonds is 6. The Labute approximate surface area is 103 Å². The zero-order valence-electron chi connectivity index (χ0n) is 9.48. The number of thiol groups is 1. The zero-order valence-corrected chi connectivity index (χ0v) is 10.4. The Bertz CT molecular complexity index is 369. The van der Waals surface area contributed by atoms with Crippen LogP contribution in [0.3, 0.4) is 0 Å².